The summed E-state index contributed by atoms with van der Waals surface area (Å²) in [5.74, 6) is 0.865. The number of nitrogens with one attached hydrogen (secondary N) is 2. The Morgan fingerprint density at radius 3 is 1.65 bits per heavy atom. The molecule has 0 bridgehead atoms. The van der Waals surface area contributed by atoms with Crippen LogP contribution in [0.3, 0.4) is 0 Å². The van der Waals surface area contributed by atoms with E-state index in [1.54, 1.807) is 0 Å². The van der Waals surface area contributed by atoms with E-state index in [0.717, 1.165) is 25.0 Å². The average Bonchev–Trinajstić information content (AvgIpc) is 2.69. The highest BCUT2D eigenvalue weighted by Gasteiger charge is 2.11. The van der Waals surface area contributed by atoms with Gasteiger partial charge in [-0.25, -0.2) is 0 Å². The summed E-state index contributed by atoms with van der Waals surface area (Å²) in [6.07, 6.45) is 16.7. The van der Waals surface area contributed by atoms with Gasteiger partial charge in [0.05, 0.1) is 0 Å². The highest BCUT2D eigenvalue weighted by molar-refractivity contribution is 4.71. The Morgan fingerprint density at radius 1 is 0.808 bits per heavy atom. The largest absolute Gasteiger partial charge is 0.330 e. The molecule has 2 aliphatic rings. The summed E-state index contributed by atoms with van der Waals surface area (Å²) in [6.45, 7) is 11.5. The Bertz CT molecular complexity index is 209. The average molecular weight is 374 g/mol. The molecule has 2 fully saturated rings. The lowest BCUT2D eigenvalue weighted by atomic mass is 9.90. The highest BCUT2D eigenvalue weighted by Crippen LogP contribution is 2.21. The van der Waals surface area contributed by atoms with Crippen LogP contribution in [0.25, 0.3) is 0 Å². The zero-order valence-electron chi connectivity index (χ0n) is 18.3. The van der Waals surface area contributed by atoms with Gasteiger partial charge in [0, 0.05) is 6.04 Å². The SMILES string of the molecule is C.CC.CCC.CNCCCNC1CCCCC1.NCC1CCCCC1. The molecule has 3 heteroatoms. The third-order valence-electron chi connectivity index (χ3n) is 4.70. The van der Waals surface area contributed by atoms with Crippen molar-refractivity contribution in [1.82, 2.24) is 10.6 Å². The maximum atomic E-state index is 5.50. The standard InChI is InChI=1S/C10H22N2.C7H15N.C3H8.C2H6.CH4/c1-11-8-5-9-12-10-6-3-2-4-7-10;8-6-7-4-2-1-3-5-7;1-3-2;1-2;/h10-12H,2-9H2,1H3;7H,1-6,8H2;3H2,1-2H3;1-2H3;1H4. The van der Waals surface area contributed by atoms with Crippen molar-refractivity contribution in [3.8, 4) is 0 Å². The first-order valence-corrected chi connectivity index (χ1v) is 11.4. The molecule has 2 saturated carbocycles. The van der Waals surface area contributed by atoms with Crippen molar-refractivity contribution in [3.05, 3.63) is 0 Å². The van der Waals surface area contributed by atoms with Gasteiger partial charge in [0.25, 0.3) is 0 Å². The first kappa shape index (κ1) is 30.6. The smallest absolute Gasteiger partial charge is 0.00670 e. The molecule has 0 saturated heterocycles. The van der Waals surface area contributed by atoms with E-state index in [2.05, 4.69) is 24.5 Å². The third-order valence-corrected chi connectivity index (χ3v) is 4.70. The van der Waals surface area contributed by atoms with Crippen LogP contribution in [-0.4, -0.2) is 32.7 Å². The van der Waals surface area contributed by atoms with Gasteiger partial charge in [-0.15, -0.1) is 0 Å². The third kappa shape index (κ3) is 21.9. The fourth-order valence-electron chi connectivity index (χ4n) is 3.30. The van der Waals surface area contributed by atoms with Gasteiger partial charge in [0.1, 0.15) is 0 Å². The molecule has 4 N–H and O–H groups in total. The van der Waals surface area contributed by atoms with Gasteiger partial charge >= 0.3 is 0 Å². The molecule has 3 nitrogen and oxygen atoms in total. The number of rotatable bonds is 6. The monoisotopic (exact) mass is 373 g/mol. The summed E-state index contributed by atoms with van der Waals surface area (Å²) in [7, 11) is 2.01. The molecule has 2 aliphatic carbocycles. The van der Waals surface area contributed by atoms with Crippen LogP contribution < -0.4 is 16.4 Å². The van der Waals surface area contributed by atoms with Crippen molar-refractivity contribution in [2.24, 2.45) is 11.7 Å². The molecule has 0 spiro atoms. The van der Waals surface area contributed by atoms with Crippen LogP contribution >= 0.6 is 0 Å². The van der Waals surface area contributed by atoms with Gasteiger partial charge in [0.15, 0.2) is 0 Å². The Morgan fingerprint density at radius 2 is 1.27 bits per heavy atom. The van der Waals surface area contributed by atoms with Gasteiger partial charge in [0.2, 0.25) is 0 Å². The molecule has 0 aromatic rings. The van der Waals surface area contributed by atoms with Gasteiger partial charge in [-0.05, 0) is 64.7 Å². The summed E-state index contributed by atoms with van der Waals surface area (Å²) in [5, 5.41) is 6.78. The van der Waals surface area contributed by atoms with E-state index >= 15 is 0 Å². The molecule has 0 radical (unpaired) electrons. The minimum atomic E-state index is 0. The van der Waals surface area contributed by atoms with Crippen LogP contribution in [0.1, 0.15) is 112 Å². The normalized spacial score (nSPS) is 17.3. The predicted octanol–water partition coefficient (Wildman–Crippen LogP) is 6.12. The van der Waals surface area contributed by atoms with Crippen molar-refractivity contribution in [2.45, 2.75) is 118 Å². The summed E-state index contributed by atoms with van der Waals surface area (Å²) < 4.78 is 0. The molecular formula is C23H55N3. The predicted molar refractivity (Wildman–Crippen MR) is 123 cm³/mol. The lowest BCUT2D eigenvalue weighted by molar-refractivity contribution is 0.366. The lowest BCUT2D eigenvalue weighted by Crippen LogP contribution is -2.32. The van der Waals surface area contributed by atoms with E-state index in [4.69, 9.17) is 5.73 Å². The molecule has 0 unspecified atom stereocenters. The van der Waals surface area contributed by atoms with Crippen LogP contribution in [0.5, 0.6) is 0 Å². The number of hydrogen-bond acceptors (Lipinski definition) is 3. The number of hydrogen-bond donors (Lipinski definition) is 3. The molecule has 0 atom stereocenters. The molecule has 26 heavy (non-hydrogen) atoms. The van der Waals surface area contributed by atoms with Crippen molar-refractivity contribution < 1.29 is 0 Å². The van der Waals surface area contributed by atoms with Crippen molar-refractivity contribution >= 4 is 0 Å². The maximum Gasteiger partial charge on any atom is 0.00670 e. The topological polar surface area (TPSA) is 50.1 Å². The summed E-state index contributed by atoms with van der Waals surface area (Å²) in [5.41, 5.74) is 5.50. The molecule has 0 amide bonds. The van der Waals surface area contributed by atoms with E-state index in [1.165, 1.54) is 83.6 Å². The minimum absolute atomic E-state index is 0. The van der Waals surface area contributed by atoms with E-state index in [9.17, 15) is 0 Å². The van der Waals surface area contributed by atoms with Gasteiger partial charge in [-0.2, -0.15) is 0 Å². The Kier molecular flexibility index (Phi) is 31.9. The van der Waals surface area contributed by atoms with E-state index in [-0.39, 0.29) is 7.43 Å². The highest BCUT2D eigenvalue weighted by atomic mass is 14.9. The van der Waals surface area contributed by atoms with E-state index in [0.29, 0.717) is 0 Å². The van der Waals surface area contributed by atoms with Crippen LogP contribution in [0.4, 0.5) is 0 Å². The second kappa shape index (κ2) is 27.1. The summed E-state index contributed by atoms with van der Waals surface area (Å²) in [4.78, 5) is 0. The zero-order valence-corrected chi connectivity index (χ0v) is 18.3. The Hall–Kier alpha value is -0.120. The quantitative estimate of drug-likeness (QED) is 0.491. The maximum absolute atomic E-state index is 5.50. The first-order chi connectivity index (χ1) is 12.3. The van der Waals surface area contributed by atoms with Crippen molar-refractivity contribution in [1.29, 1.82) is 0 Å². The van der Waals surface area contributed by atoms with Gasteiger partial charge in [-0.3, -0.25) is 0 Å². The van der Waals surface area contributed by atoms with Crippen LogP contribution in [0.2, 0.25) is 0 Å². The Balaban J connectivity index is -0.000000329. The molecule has 0 aromatic heterocycles. The lowest BCUT2D eigenvalue weighted by Gasteiger charge is -2.22. The van der Waals surface area contributed by atoms with E-state index < -0.39 is 0 Å². The van der Waals surface area contributed by atoms with Gasteiger partial charge in [-0.1, -0.05) is 80.1 Å². The first-order valence-electron chi connectivity index (χ1n) is 11.4. The van der Waals surface area contributed by atoms with Crippen LogP contribution in [-0.2, 0) is 0 Å². The molecule has 0 aliphatic heterocycles. The number of nitrogens with two attached hydrogens (primary N) is 1. The van der Waals surface area contributed by atoms with Crippen molar-refractivity contribution in [3.63, 3.8) is 0 Å². The molecule has 0 heterocycles. The van der Waals surface area contributed by atoms with E-state index in [1.807, 2.05) is 20.9 Å². The van der Waals surface area contributed by atoms with Crippen molar-refractivity contribution in [2.75, 3.05) is 26.7 Å². The fraction of sp³-hybridized carbons (Fsp3) is 1.00. The molecule has 2 rings (SSSR count). The molecule has 162 valence electrons. The minimum Gasteiger partial charge on any atom is -0.330 e. The summed E-state index contributed by atoms with van der Waals surface area (Å²) >= 11 is 0. The summed E-state index contributed by atoms with van der Waals surface area (Å²) in [6, 6.07) is 0.829. The fourth-order valence-corrected chi connectivity index (χ4v) is 3.30. The molecular weight excluding hydrogens is 318 g/mol. The van der Waals surface area contributed by atoms with Crippen LogP contribution in [0, 0.1) is 5.92 Å². The molecule has 0 aromatic carbocycles. The zero-order chi connectivity index (χ0) is 19.2. The van der Waals surface area contributed by atoms with Crippen LogP contribution in [0.15, 0.2) is 0 Å². The second-order valence-corrected chi connectivity index (χ2v) is 7.19. The van der Waals surface area contributed by atoms with Gasteiger partial charge < -0.3 is 16.4 Å². The Labute approximate surface area is 167 Å². The second-order valence-electron chi connectivity index (χ2n) is 7.19.